The molecule has 2 N–H and O–H groups in total. The standard InChI is InChI=1S/C16H13N7O2S/c1-26-15-12(13(17)22(20-15)10-6-3-2-4-7-10)16(24)25-23-14-11(19-21-23)8-5-9-18-14/h2-9H,17H2,1H3. The number of hydrogen-bond acceptors (Lipinski definition) is 8. The Morgan fingerprint density at radius 2 is 2.00 bits per heavy atom. The highest BCUT2D eigenvalue weighted by Crippen LogP contribution is 2.27. The number of benzene rings is 1. The molecule has 10 heteroatoms. The highest BCUT2D eigenvalue weighted by molar-refractivity contribution is 7.98. The molecule has 0 bridgehead atoms. The van der Waals surface area contributed by atoms with Crippen LogP contribution in [0.2, 0.25) is 0 Å². The molecule has 3 heterocycles. The van der Waals surface area contributed by atoms with Crippen LogP contribution in [0.25, 0.3) is 16.9 Å². The Morgan fingerprint density at radius 1 is 1.19 bits per heavy atom. The second-order valence-corrected chi connectivity index (χ2v) is 6.00. The second kappa shape index (κ2) is 6.48. The summed E-state index contributed by atoms with van der Waals surface area (Å²) in [5, 5.41) is 12.6. The molecule has 4 rings (SSSR count). The summed E-state index contributed by atoms with van der Waals surface area (Å²) in [6.07, 6.45) is 3.37. The van der Waals surface area contributed by atoms with Gasteiger partial charge >= 0.3 is 5.97 Å². The van der Waals surface area contributed by atoms with Gasteiger partial charge in [-0.25, -0.2) is 14.5 Å². The third-order valence-corrected chi connectivity index (χ3v) is 4.31. The Labute approximate surface area is 151 Å². The van der Waals surface area contributed by atoms with Gasteiger partial charge in [0.1, 0.15) is 21.9 Å². The van der Waals surface area contributed by atoms with Gasteiger partial charge in [0.05, 0.1) is 5.69 Å². The summed E-state index contributed by atoms with van der Waals surface area (Å²) in [4.78, 5) is 23.1. The predicted octanol–water partition coefficient (Wildman–Crippen LogP) is 1.59. The van der Waals surface area contributed by atoms with E-state index in [4.69, 9.17) is 10.6 Å². The molecule has 0 saturated carbocycles. The molecule has 0 aliphatic carbocycles. The molecule has 0 aliphatic heterocycles. The average Bonchev–Trinajstić information content (AvgIpc) is 3.23. The monoisotopic (exact) mass is 367 g/mol. The molecule has 130 valence electrons. The minimum Gasteiger partial charge on any atom is -0.383 e. The Hall–Kier alpha value is -3.40. The van der Waals surface area contributed by atoms with Crippen molar-refractivity contribution in [2.24, 2.45) is 0 Å². The van der Waals surface area contributed by atoms with E-state index < -0.39 is 5.97 Å². The number of thioether (sulfide) groups is 1. The van der Waals surface area contributed by atoms with Crippen molar-refractivity contribution in [3.8, 4) is 5.69 Å². The van der Waals surface area contributed by atoms with Crippen molar-refractivity contribution in [2.75, 3.05) is 12.0 Å². The van der Waals surface area contributed by atoms with E-state index in [2.05, 4.69) is 20.4 Å². The van der Waals surface area contributed by atoms with Crippen molar-refractivity contribution < 1.29 is 9.63 Å². The van der Waals surface area contributed by atoms with Crippen molar-refractivity contribution in [1.82, 2.24) is 29.9 Å². The molecule has 0 amide bonds. The van der Waals surface area contributed by atoms with Crippen molar-refractivity contribution in [1.29, 1.82) is 0 Å². The Bertz CT molecular complexity index is 1090. The van der Waals surface area contributed by atoms with Gasteiger partial charge in [0.15, 0.2) is 0 Å². The summed E-state index contributed by atoms with van der Waals surface area (Å²) in [6.45, 7) is 0. The number of nitrogens with two attached hydrogens (primary N) is 1. The Balaban J connectivity index is 1.73. The van der Waals surface area contributed by atoms with E-state index in [1.54, 1.807) is 24.6 Å². The zero-order chi connectivity index (χ0) is 18.1. The number of pyridine rings is 1. The molecule has 0 atom stereocenters. The number of aromatic nitrogens is 6. The van der Waals surface area contributed by atoms with Crippen LogP contribution in [0.1, 0.15) is 10.4 Å². The molecule has 0 spiro atoms. The normalized spacial score (nSPS) is 11.0. The zero-order valence-electron chi connectivity index (χ0n) is 13.6. The number of hydrogen-bond donors (Lipinski definition) is 1. The lowest BCUT2D eigenvalue weighted by Gasteiger charge is -2.05. The largest absolute Gasteiger partial charge is 0.383 e. The minimum absolute atomic E-state index is 0.168. The first-order valence-corrected chi connectivity index (χ1v) is 8.78. The van der Waals surface area contributed by atoms with Crippen molar-refractivity contribution >= 4 is 34.7 Å². The maximum atomic E-state index is 12.7. The number of nitrogens with zero attached hydrogens (tertiary/aromatic N) is 6. The summed E-state index contributed by atoms with van der Waals surface area (Å²) in [5.74, 6) is -0.505. The summed E-state index contributed by atoms with van der Waals surface area (Å²) in [7, 11) is 0. The Morgan fingerprint density at radius 3 is 2.77 bits per heavy atom. The lowest BCUT2D eigenvalue weighted by Crippen LogP contribution is -2.22. The van der Waals surface area contributed by atoms with E-state index in [1.165, 1.54) is 16.4 Å². The van der Waals surface area contributed by atoms with Gasteiger partial charge in [0.2, 0.25) is 5.65 Å². The second-order valence-electron chi connectivity index (χ2n) is 5.20. The molecule has 0 fully saturated rings. The van der Waals surface area contributed by atoms with Crippen LogP contribution in [0, 0.1) is 0 Å². The number of para-hydroxylation sites is 1. The van der Waals surface area contributed by atoms with Crippen LogP contribution in [0.5, 0.6) is 0 Å². The van der Waals surface area contributed by atoms with Gasteiger partial charge in [-0.3, -0.25) is 0 Å². The fourth-order valence-corrected chi connectivity index (χ4v) is 3.00. The SMILES string of the molecule is CSc1nn(-c2ccccc2)c(N)c1C(=O)On1nnc2cccnc21. The average molecular weight is 367 g/mol. The lowest BCUT2D eigenvalue weighted by molar-refractivity contribution is 0.0402. The van der Waals surface area contributed by atoms with Crippen molar-refractivity contribution in [2.45, 2.75) is 5.03 Å². The molecule has 26 heavy (non-hydrogen) atoms. The highest BCUT2D eigenvalue weighted by atomic mass is 32.2. The summed E-state index contributed by atoms with van der Waals surface area (Å²) >= 11 is 1.30. The van der Waals surface area contributed by atoms with E-state index in [9.17, 15) is 4.79 Å². The third-order valence-electron chi connectivity index (χ3n) is 3.64. The van der Waals surface area contributed by atoms with Gasteiger partial charge < -0.3 is 10.6 Å². The van der Waals surface area contributed by atoms with Crippen LogP contribution >= 0.6 is 11.8 Å². The van der Waals surface area contributed by atoms with Crippen LogP contribution in [0.4, 0.5) is 5.82 Å². The van der Waals surface area contributed by atoms with Gasteiger partial charge in [-0.1, -0.05) is 18.2 Å². The molecule has 0 radical (unpaired) electrons. The highest BCUT2D eigenvalue weighted by Gasteiger charge is 2.25. The quantitative estimate of drug-likeness (QED) is 0.427. The third kappa shape index (κ3) is 2.65. The topological polar surface area (TPSA) is 114 Å². The molecule has 4 aromatic rings. The molecule has 0 aliphatic rings. The van der Waals surface area contributed by atoms with E-state index in [-0.39, 0.29) is 11.4 Å². The number of rotatable bonds is 4. The fraction of sp³-hybridized carbons (Fsp3) is 0.0625. The van der Waals surface area contributed by atoms with Gasteiger partial charge in [-0.05, 0) is 40.6 Å². The maximum Gasteiger partial charge on any atom is 0.372 e. The van der Waals surface area contributed by atoms with Crippen molar-refractivity contribution in [3.63, 3.8) is 0 Å². The first kappa shape index (κ1) is 16.1. The summed E-state index contributed by atoms with van der Waals surface area (Å²) < 4.78 is 1.50. The van der Waals surface area contributed by atoms with Crippen LogP contribution < -0.4 is 10.6 Å². The summed E-state index contributed by atoms with van der Waals surface area (Å²) in [5.41, 5.74) is 7.94. The molecule has 0 saturated heterocycles. The first-order chi connectivity index (χ1) is 12.7. The molecular weight excluding hydrogens is 354 g/mol. The number of nitrogen functional groups attached to an aromatic ring is 1. The number of carbonyl (C=O) groups excluding carboxylic acids is 1. The number of fused-ring (bicyclic) bond motifs is 1. The van der Waals surface area contributed by atoms with E-state index in [1.807, 2.05) is 30.3 Å². The molecule has 3 aromatic heterocycles. The van der Waals surface area contributed by atoms with Crippen LogP contribution in [-0.2, 0) is 0 Å². The zero-order valence-corrected chi connectivity index (χ0v) is 14.4. The molecule has 1 aromatic carbocycles. The smallest absolute Gasteiger partial charge is 0.372 e. The minimum atomic E-state index is -0.688. The van der Waals surface area contributed by atoms with Crippen LogP contribution in [0.15, 0.2) is 53.7 Å². The molecular formula is C16H13N7O2S. The Kier molecular flexibility index (Phi) is 4.01. The van der Waals surface area contributed by atoms with E-state index >= 15 is 0 Å². The lowest BCUT2D eigenvalue weighted by atomic mass is 10.3. The van der Waals surface area contributed by atoms with Crippen molar-refractivity contribution in [3.05, 3.63) is 54.2 Å². The molecule has 9 nitrogen and oxygen atoms in total. The van der Waals surface area contributed by atoms with Gasteiger partial charge in [0, 0.05) is 6.20 Å². The first-order valence-electron chi connectivity index (χ1n) is 7.56. The predicted molar refractivity (Wildman–Crippen MR) is 96.0 cm³/mol. The fourth-order valence-electron chi connectivity index (χ4n) is 2.44. The molecule has 0 unspecified atom stereocenters. The van der Waals surface area contributed by atoms with Gasteiger partial charge in [-0.2, -0.15) is 5.10 Å². The van der Waals surface area contributed by atoms with Gasteiger partial charge in [0.25, 0.3) is 0 Å². The maximum absolute atomic E-state index is 12.7. The van der Waals surface area contributed by atoms with Gasteiger partial charge in [-0.15, -0.1) is 16.9 Å². The van der Waals surface area contributed by atoms with Crippen LogP contribution in [0.3, 0.4) is 0 Å². The summed E-state index contributed by atoms with van der Waals surface area (Å²) in [6, 6.07) is 12.7. The number of anilines is 1. The number of carbonyl (C=O) groups is 1. The van der Waals surface area contributed by atoms with E-state index in [0.717, 1.165) is 10.5 Å². The van der Waals surface area contributed by atoms with E-state index in [0.29, 0.717) is 16.2 Å². The van der Waals surface area contributed by atoms with Crippen LogP contribution in [-0.4, -0.2) is 42.1 Å².